The molecule has 0 bridgehead atoms. The lowest BCUT2D eigenvalue weighted by molar-refractivity contribution is 0.0624. The first-order chi connectivity index (χ1) is 28.8. The monoisotopic (exact) mass is 846 g/mol. The number of nitrogens with zero attached hydrogens (tertiary/aromatic N) is 4. The van der Waals surface area contributed by atoms with Gasteiger partial charge in [-0.1, -0.05) is 36.4 Å². The molecular formula is C46H54N8O8. The van der Waals surface area contributed by atoms with Gasteiger partial charge in [-0.05, 0) is 107 Å². The number of hydrogen-bond donors (Lipinski definition) is 4. The number of carbonyl (C=O) groups is 4. The first-order valence-electron chi connectivity index (χ1n) is 19.8. The highest BCUT2D eigenvalue weighted by Crippen LogP contribution is 2.39. The molecule has 2 heterocycles. The van der Waals surface area contributed by atoms with Crippen molar-refractivity contribution in [2.45, 2.75) is 105 Å². The van der Waals surface area contributed by atoms with Gasteiger partial charge in [0.2, 0.25) is 0 Å². The lowest BCUT2D eigenvalue weighted by Crippen LogP contribution is -2.28. The first kappa shape index (κ1) is 46.0. The van der Waals surface area contributed by atoms with Crippen molar-refractivity contribution in [2.24, 2.45) is 0 Å². The molecule has 4 amide bonds. The lowest BCUT2D eigenvalue weighted by Gasteiger charge is -2.23. The zero-order chi connectivity index (χ0) is 45.6. The second-order valence-corrected chi connectivity index (χ2v) is 18.1. The Morgan fingerprint density at radius 3 is 0.871 bits per heavy atom. The van der Waals surface area contributed by atoms with Gasteiger partial charge in [-0.15, -0.1) is 0 Å². The van der Waals surface area contributed by atoms with Crippen LogP contribution in [0.25, 0.3) is 45.0 Å². The molecule has 326 valence electrons. The Kier molecular flexibility index (Phi) is 13.5. The van der Waals surface area contributed by atoms with Gasteiger partial charge in [0.1, 0.15) is 22.4 Å². The molecule has 0 aliphatic heterocycles. The molecule has 0 unspecified atom stereocenters. The molecule has 0 spiro atoms. The molecule has 0 saturated carbocycles. The molecule has 0 fully saturated rings. The normalized spacial score (nSPS) is 11.8. The summed E-state index contributed by atoms with van der Waals surface area (Å²) in [6.07, 6.45) is 3.30. The third-order valence-electron chi connectivity index (χ3n) is 7.96. The van der Waals surface area contributed by atoms with Gasteiger partial charge < -0.3 is 18.9 Å². The number of carbonyl (C=O) groups excluding carboxylic acids is 4. The molecule has 5 rings (SSSR count). The molecule has 5 aromatic rings. The number of anilines is 4. The van der Waals surface area contributed by atoms with Gasteiger partial charge in [-0.3, -0.25) is 41.2 Å². The van der Waals surface area contributed by atoms with Crippen molar-refractivity contribution in [3.8, 4) is 45.0 Å². The number of aromatic nitrogens is 4. The van der Waals surface area contributed by atoms with E-state index in [4.69, 9.17) is 28.9 Å². The standard InChI is InChI=1S/C46H54N8O8/c1-43(2,3)59-39(55)51-31-19-15-13-17-27(31)35-23-49-37(25-47-35)29-21-34(54-42(58)62-46(10,11)12)30(22-33(29)53-41(57)61-45(7,8)9)38-26-48-36(24-50-38)28-18-14-16-20-32(28)52-40(56)60-44(4,5)6/h13-26H,1-12H3,(H,51,55)(H,52,56)(H,53,57)(H,54,58). The smallest absolute Gasteiger partial charge is 0.412 e. The van der Waals surface area contributed by atoms with Crippen LogP contribution in [0.1, 0.15) is 83.1 Å². The number of ether oxygens (including phenoxy) is 4. The van der Waals surface area contributed by atoms with E-state index in [0.717, 1.165) is 0 Å². The summed E-state index contributed by atoms with van der Waals surface area (Å²) < 4.78 is 22.1. The quantitative estimate of drug-likeness (QED) is 0.108. The van der Waals surface area contributed by atoms with Crippen molar-refractivity contribution in [3.05, 3.63) is 85.5 Å². The molecule has 0 radical (unpaired) electrons. The van der Waals surface area contributed by atoms with Crippen LogP contribution < -0.4 is 21.3 Å². The number of nitrogens with one attached hydrogen (secondary N) is 4. The summed E-state index contributed by atoms with van der Waals surface area (Å²) in [6, 6.07) is 17.4. The number of rotatable bonds is 8. The molecule has 0 atom stereocenters. The van der Waals surface area contributed by atoms with Gasteiger partial charge in [0.05, 0.1) is 70.3 Å². The molecule has 2 aromatic heterocycles. The van der Waals surface area contributed by atoms with Crippen molar-refractivity contribution in [1.82, 2.24) is 19.9 Å². The zero-order valence-electron chi connectivity index (χ0n) is 37.1. The third-order valence-corrected chi connectivity index (χ3v) is 7.96. The van der Waals surface area contributed by atoms with Crippen LogP contribution in [0.3, 0.4) is 0 Å². The van der Waals surface area contributed by atoms with Gasteiger partial charge in [-0.2, -0.15) is 0 Å². The summed E-state index contributed by atoms with van der Waals surface area (Å²) in [5.41, 5.74) is 1.71. The van der Waals surface area contributed by atoms with Crippen LogP contribution in [0.5, 0.6) is 0 Å². The fourth-order valence-electron chi connectivity index (χ4n) is 5.73. The Bertz CT molecular complexity index is 2260. The van der Waals surface area contributed by atoms with Gasteiger partial charge in [-0.25, -0.2) is 19.2 Å². The predicted octanol–water partition coefficient (Wildman–Crippen LogP) is 11.3. The topological polar surface area (TPSA) is 205 Å². The lowest BCUT2D eigenvalue weighted by atomic mass is 10.0. The van der Waals surface area contributed by atoms with E-state index in [1.165, 1.54) is 24.8 Å². The average Bonchev–Trinajstić information content (AvgIpc) is 3.13. The van der Waals surface area contributed by atoms with Crippen LogP contribution in [0.2, 0.25) is 0 Å². The summed E-state index contributed by atoms with van der Waals surface area (Å²) in [4.78, 5) is 70.8. The van der Waals surface area contributed by atoms with Crippen molar-refractivity contribution in [2.75, 3.05) is 21.3 Å². The van der Waals surface area contributed by atoms with Crippen LogP contribution >= 0.6 is 0 Å². The first-order valence-corrected chi connectivity index (χ1v) is 19.8. The summed E-state index contributed by atoms with van der Waals surface area (Å²) in [5.74, 6) is 0. The number of hydrogen-bond acceptors (Lipinski definition) is 12. The second-order valence-electron chi connectivity index (χ2n) is 18.1. The van der Waals surface area contributed by atoms with E-state index >= 15 is 0 Å². The third kappa shape index (κ3) is 13.5. The fourth-order valence-corrected chi connectivity index (χ4v) is 5.73. The Morgan fingerprint density at radius 2 is 0.613 bits per heavy atom. The minimum absolute atomic E-state index is 0.246. The van der Waals surface area contributed by atoms with Gasteiger partial charge in [0.15, 0.2) is 0 Å². The molecule has 16 nitrogen and oxygen atoms in total. The van der Waals surface area contributed by atoms with E-state index in [1.54, 1.807) is 144 Å². The number of benzene rings is 3. The maximum absolute atomic E-state index is 13.3. The van der Waals surface area contributed by atoms with Gasteiger partial charge in [0, 0.05) is 22.3 Å². The molecular weight excluding hydrogens is 793 g/mol. The van der Waals surface area contributed by atoms with Gasteiger partial charge in [0.25, 0.3) is 0 Å². The summed E-state index contributed by atoms with van der Waals surface area (Å²) >= 11 is 0. The van der Waals surface area contributed by atoms with E-state index in [-0.39, 0.29) is 11.4 Å². The zero-order valence-corrected chi connectivity index (χ0v) is 37.1. The van der Waals surface area contributed by atoms with Crippen LogP contribution in [-0.2, 0) is 18.9 Å². The maximum Gasteiger partial charge on any atom is 0.412 e. The predicted molar refractivity (Wildman–Crippen MR) is 239 cm³/mol. The summed E-state index contributed by atoms with van der Waals surface area (Å²) in [5, 5.41) is 11.2. The summed E-state index contributed by atoms with van der Waals surface area (Å²) in [7, 11) is 0. The number of para-hydroxylation sites is 2. The Labute approximate surface area is 361 Å². The molecule has 16 heteroatoms. The molecule has 0 aliphatic carbocycles. The van der Waals surface area contributed by atoms with Crippen molar-refractivity contribution in [1.29, 1.82) is 0 Å². The SMILES string of the molecule is CC(C)(C)OC(=O)Nc1ccccc1-c1cnc(-c2cc(NC(=O)OC(C)(C)C)c(-c3cnc(-c4ccccc4NC(=O)OC(C)(C)C)cn3)cc2NC(=O)OC(C)(C)C)cn1. The molecule has 4 N–H and O–H groups in total. The minimum Gasteiger partial charge on any atom is -0.444 e. The molecule has 62 heavy (non-hydrogen) atoms. The molecule has 3 aromatic carbocycles. The Balaban J connectivity index is 1.60. The van der Waals surface area contributed by atoms with Gasteiger partial charge >= 0.3 is 24.4 Å². The van der Waals surface area contributed by atoms with Crippen molar-refractivity contribution >= 4 is 47.1 Å². The fraction of sp³-hybridized carbons (Fsp3) is 0.348. The van der Waals surface area contributed by atoms with E-state index in [2.05, 4.69) is 31.2 Å². The second kappa shape index (κ2) is 18.3. The van der Waals surface area contributed by atoms with E-state index in [0.29, 0.717) is 56.4 Å². The van der Waals surface area contributed by atoms with Crippen LogP contribution in [0.4, 0.5) is 41.9 Å². The van der Waals surface area contributed by atoms with Crippen LogP contribution in [-0.4, -0.2) is 66.7 Å². The maximum atomic E-state index is 13.3. The van der Waals surface area contributed by atoms with E-state index in [9.17, 15) is 19.2 Å². The molecule has 0 aliphatic rings. The van der Waals surface area contributed by atoms with E-state index in [1.807, 2.05) is 0 Å². The summed E-state index contributed by atoms with van der Waals surface area (Å²) in [6.45, 7) is 21.1. The largest absolute Gasteiger partial charge is 0.444 e. The van der Waals surface area contributed by atoms with Crippen LogP contribution in [0, 0.1) is 0 Å². The van der Waals surface area contributed by atoms with Crippen molar-refractivity contribution in [3.63, 3.8) is 0 Å². The van der Waals surface area contributed by atoms with Crippen molar-refractivity contribution < 1.29 is 38.1 Å². The highest BCUT2D eigenvalue weighted by Gasteiger charge is 2.25. The number of amides is 4. The van der Waals surface area contributed by atoms with Crippen LogP contribution in [0.15, 0.2) is 85.5 Å². The van der Waals surface area contributed by atoms with E-state index < -0.39 is 46.8 Å². The minimum atomic E-state index is -0.830. The highest BCUT2D eigenvalue weighted by molar-refractivity contribution is 6.00. The highest BCUT2D eigenvalue weighted by atomic mass is 16.6. The Morgan fingerprint density at radius 1 is 0.371 bits per heavy atom. The Hall–Kier alpha value is -7.10. The average molecular weight is 847 g/mol. The molecule has 0 saturated heterocycles.